The molecular weight excluding hydrogens is 316 g/mol. The number of anilines is 1. The van der Waals surface area contributed by atoms with E-state index >= 15 is 0 Å². The molecule has 0 saturated heterocycles. The third-order valence-electron chi connectivity index (χ3n) is 5.42. The lowest BCUT2D eigenvalue weighted by atomic mass is 9.88. The number of nitrogens with zero attached hydrogens (tertiary/aromatic N) is 3. The molecule has 2 aromatic rings. The highest BCUT2D eigenvalue weighted by Gasteiger charge is 2.36. The number of nitrogens with one attached hydrogen (secondary N) is 1. The average molecular weight is 340 g/mol. The molecule has 1 fully saturated rings. The number of hydrogen-bond donors (Lipinski definition) is 2. The zero-order chi connectivity index (χ0) is 17.6. The highest BCUT2D eigenvalue weighted by molar-refractivity contribution is 5.94. The van der Waals surface area contributed by atoms with E-state index in [1.54, 1.807) is 12.1 Å². The summed E-state index contributed by atoms with van der Waals surface area (Å²) in [6.07, 6.45) is 6.17. The minimum absolute atomic E-state index is 0.0443. The number of aryl methyl sites for hydroxylation is 2. The second kappa shape index (κ2) is 6.17. The summed E-state index contributed by atoms with van der Waals surface area (Å²) in [7, 11) is 0. The van der Waals surface area contributed by atoms with Gasteiger partial charge >= 0.3 is 0 Å². The van der Waals surface area contributed by atoms with Crippen LogP contribution in [-0.4, -0.2) is 25.8 Å². The Morgan fingerprint density at radius 3 is 2.72 bits per heavy atom. The molecule has 6 nitrogen and oxygen atoms in total. The molecule has 4 rings (SSSR count). The molecule has 132 valence electrons. The first-order valence-corrected chi connectivity index (χ1v) is 9.10. The van der Waals surface area contributed by atoms with Gasteiger partial charge in [0.05, 0.1) is 17.4 Å². The average Bonchev–Trinajstić information content (AvgIpc) is 2.94. The van der Waals surface area contributed by atoms with Gasteiger partial charge in [-0.2, -0.15) is 5.10 Å². The van der Waals surface area contributed by atoms with E-state index in [4.69, 9.17) is 5.10 Å². The summed E-state index contributed by atoms with van der Waals surface area (Å²) in [5, 5.41) is 18.1. The third kappa shape index (κ3) is 2.79. The maximum absolute atomic E-state index is 12.4. The standard InChI is InChI=1S/C19H24N4O2/c1-11-8-9-15(24)18(20-11)14-10-16(25)21-19-17(14)12(2)22-23(19)13-6-4-3-5-7-13/h8-9,13-14,24H,3-7,10H2,1-2H3,(H,21,25). The van der Waals surface area contributed by atoms with Crippen molar-refractivity contribution in [2.45, 2.75) is 64.3 Å². The second-order valence-electron chi connectivity index (χ2n) is 7.25. The molecule has 1 unspecified atom stereocenters. The topological polar surface area (TPSA) is 80.0 Å². The van der Waals surface area contributed by atoms with Crippen LogP contribution in [0.1, 0.15) is 73.1 Å². The van der Waals surface area contributed by atoms with Crippen LogP contribution in [0.5, 0.6) is 5.75 Å². The number of pyridine rings is 1. The summed E-state index contributed by atoms with van der Waals surface area (Å²) in [5.41, 5.74) is 3.31. The van der Waals surface area contributed by atoms with Crippen LogP contribution < -0.4 is 5.32 Å². The van der Waals surface area contributed by atoms with Crippen LogP contribution >= 0.6 is 0 Å². The molecule has 1 saturated carbocycles. The smallest absolute Gasteiger partial charge is 0.226 e. The van der Waals surface area contributed by atoms with Gasteiger partial charge in [0, 0.05) is 23.6 Å². The Labute approximate surface area is 147 Å². The van der Waals surface area contributed by atoms with Crippen LogP contribution in [0.3, 0.4) is 0 Å². The molecule has 0 radical (unpaired) electrons. The van der Waals surface area contributed by atoms with Gasteiger partial charge < -0.3 is 10.4 Å². The van der Waals surface area contributed by atoms with E-state index in [1.807, 2.05) is 18.5 Å². The molecule has 1 aliphatic heterocycles. The van der Waals surface area contributed by atoms with Crippen molar-refractivity contribution in [2.75, 3.05) is 5.32 Å². The van der Waals surface area contributed by atoms with Crippen molar-refractivity contribution in [1.29, 1.82) is 0 Å². The minimum Gasteiger partial charge on any atom is -0.506 e. The Morgan fingerprint density at radius 2 is 1.96 bits per heavy atom. The zero-order valence-corrected chi connectivity index (χ0v) is 14.7. The van der Waals surface area contributed by atoms with Gasteiger partial charge in [0.15, 0.2) is 0 Å². The first-order chi connectivity index (χ1) is 12.0. The van der Waals surface area contributed by atoms with Gasteiger partial charge in [-0.15, -0.1) is 0 Å². The molecule has 2 aliphatic rings. The van der Waals surface area contributed by atoms with Crippen LogP contribution in [0.2, 0.25) is 0 Å². The predicted octanol–water partition coefficient (Wildman–Crippen LogP) is 3.58. The summed E-state index contributed by atoms with van der Waals surface area (Å²) < 4.78 is 2.01. The highest BCUT2D eigenvalue weighted by atomic mass is 16.3. The Balaban J connectivity index is 1.82. The lowest BCUT2D eigenvalue weighted by molar-refractivity contribution is -0.116. The lowest BCUT2D eigenvalue weighted by Crippen LogP contribution is -2.27. The van der Waals surface area contributed by atoms with Crippen LogP contribution in [0.15, 0.2) is 12.1 Å². The van der Waals surface area contributed by atoms with Gasteiger partial charge in [-0.05, 0) is 38.8 Å². The number of aromatic nitrogens is 3. The van der Waals surface area contributed by atoms with Crippen molar-refractivity contribution >= 4 is 11.7 Å². The largest absolute Gasteiger partial charge is 0.506 e. The summed E-state index contributed by atoms with van der Waals surface area (Å²) >= 11 is 0. The summed E-state index contributed by atoms with van der Waals surface area (Å²) in [6.45, 7) is 3.88. The molecule has 2 N–H and O–H groups in total. The summed E-state index contributed by atoms with van der Waals surface area (Å²) in [4.78, 5) is 16.9. The normalized spacial score (nSPS) is 21.0. The van der Waals surface area contributed by atoms with Crippen molar-refractivity contribution in [3.05, 3.63) is 34.8 Å². The van der Waals surface area contributed by atoms with Crippen molar-refractivity contribution < 1.29 is 9.90 Å². The van der Waals surface area contributed by atoms with E-state index in [2.05, 4.69) is 10.3 Å². The molecule has 1 atom stereocenters. The number of rotatable bonds is 2. The number of carbonyl (C=O) groups excluding carboxylic acids is 1. The number of carbonyl (C=O) groups is 1. The molecule has 0 spiro atoms. The quantitative estimate of drug-likeness (QED) is 0.876. The van der Waals surface area contributed by atoms with Crippen molar-refractivity contribution in [3.8, 4) is 5.75 Å². The van der Waals surface area contributed by atoms with Crippen molar-refractivity contribution in [1.82, 2.24) is 14.8 Å². The molecule has 1 amide bonds. The van der Waals surface area contributed by atoms with Gasteiger partial charge in [0.25, 0.3) is 0 Å². The maximum Gasteiger partial charge on any atom is 0.226 e. The number of aromatic hydroxyl groups is 1. The van der Waals surface area contributed by atoms with E-state index < -0.39 is 0 Å². The van der Waals surface area contributed by atoms with Gasteiger partial charge in [0.1, 0.15) is 11.6 Å². The van der Waals surface area contributed by atoms with Crippen LogP contribution in [0.4, 0.5) is 5.82 Å². The third-order valence-corrected chi connectivity index (χ3v) is 5.42. The van der Waals surface area contributed by atoms with E-state index in [0.29, 0.717) is 11.7 Å². The molecular formula is C19H24N4O2. The van der Waals surface area contributed by atoms with E-state index in [9.17, 15) is 9.90 Å². The Morgan fingerprint density at radius 1 is 1.20 bits per heavy atom. The summed E-state index contributed by atoms with van der Waals surface area (Å²) in [6, 6.07) is 3.78. The molecule has 3 heterocycles. The number of hydrogen-bond acceptors (Lipinski definition) is 4. The first-order valence-electron chi connectivity index (χ1n) is 9.10. The monoisotopic (exact) mass is 340 g/mol. The Kier molecular flexibility index (Phi) is 3.98. The van der Waals surface area contributed by atoms with Crippen LogP contribution in [0, 0.1) is 13.8 Å². The number of fused-ring (bicyclic) bond motifs is 1. The van der Waals surface area contributed by atoms with Crippen LogP contribution in [0.25, 0.3) is 0 Å². The van der Waals surface area contributed by atoms with Crippen molar-refractivity contribution in [2.24, 2.45) is 0 Å². The molecule has 25 heavy (non-hydrogen) atoms. The zero-order valence-electron chi connectivity index (χ0n) is 14.7. The highest BCUT2D eigenvalue weighted by Crippen LogP contribution is 2.43. The van der Waals surface area contributed by atoms with Gasteiger partial charge in [0.2, 0.25) is 5.91 Å². The SMILES string of the molecule is Cc1ccc(O)c(C2CC(=O)Nc3c2c(C)nn3C2CCCCC2)n1. The van der Waals surface area contributed by atoms with Gasteiger partial charge in [-0.25, -0.2) is 4.68 Å². The second-order valence-corrected chi connectivity index (χ2v) is 7.25. The molecule has 0 bridgehead atoms. The maximum atomic E-state index is 12.4. The summed E-state index contributed by atoms with van der Waals surface area (Å²) in [5.74, 6) is 0.646. The number of amides is 1. The fourth-order valence-electron chi connectivity index (χ4n) is 4.22. The minimum atomic E-state index is -0.249. The Hall–Kier alpha value is -2.37. The van der Waals surface area contributed by atoms with Crippen molar-refractivity contribution in [3.63, 3.8) is 0 Å². The van der Waals surface area contributed by atoms with Crippen LogP contribution in [-0.2, 0) is 4.79 Å². The van der Waals surface area contributed by atoms with E-state index in [0.717, 1.165) is 35.6 Å². The Bertz CT molecular complexity index is 821. The van der Waals surface area contributed by atoms with Gasteiger partial charge in [-0.1, -0.05) is 19.3 Å². The van der Waals surface area contributed by atoms with Gasteiger partial charge in [-0.3, -0.25) is 9.78 Å². The molecule has 6 heteroatoms. The fourth-order valence-corrected chi connectivity index (χ4v) is 4.22. The van der Waals surface area contributed by atoms with E-state index in [1.165, 1.54) is 19.3 Å². The molecule has 1 aliphatic carbocycles. The fraction of sp³-hybridized carbons (Fsp3) is 0.526. The lowest BCUT2D eigenvalue weighted by Gasteiger charge is -2.28. The predicted molar refractivity (Wildman–Crippen MR) is 94.8 cm³/mol. The molecule has 2 aromatic heterocycles. The van der Waals surface area contributed by atoms with E-state index in [-0.39, 0.29) is 24.0 Å². The first kappa shape index (κ1) is 16.1. The molecule has 0 aromatic carbocycles.